The van der Waals surface area contributed by atoms with Crippen LogP contribution >= 0.6 is 0 Å². The van der Waals surface area contributed by atoms with Crippen LogP contribution in [0.3, 0.4) is 0 Å². The maximum atomic E-state index is 12.6. The Balaban J connectivity index is 2.34. The molecule has 0 unspecified atom stereocenters. The fraction of sp³-hybridized carbons (Fsp3) is 0.421. The van der Waals surface area contributed by atoms with Crippen LogP contribution in [0.5, 0.6) is 0 Å². The van der Waals surface area contributed by atoms with Crippen LogP contribution in [0.4, 0.5) is 10.5 Å². The smallest absolute Gasteiger partial charge is 0.331 e. The molecule has 1 aliphatic heterocycles. The van der Waals surface area contributed by atoms with Crippen molar-refractivity contribution >= 4 is 29.6 Å². The third-order valence-corrected chi connectivity index (χ3v) is 4.11. The summed E-state index contributed by atoms with van der Waals surface area (Å²) in [7, 11) is 0. The molecule has 1 fully saturated rings. The summed E-state index contributed by atoms with van der Waals surface area (Å²) in [6.45, 7) is 11.2. The van der Waals surface area contributed by atoms with Crippen molar-refractivity contribution in [3.8, 4) is 0 Å². The number of carbonyl (C=O) groups excluding carboxylic acids is 3. The van der Waals surface area contributed by atoms with Crippen molar-refractivity contribution < 1.29 is 14.4 Å². The van der Waals surface area contributed by atoms with E-state index in [0.29, 0.717) is 0 Å². The fourth-order valence-electron chi connectivity index (χ4n) is 2.80. The SMILES string of the molecule is CCN(CC)c1ccc(C=C2C(=O)NC(=O)N(C(C)(C)C)C2=O)cc1. The van der Waals surface area contributed by atoms with Crippen LogP contribution < -0.4 is 10.2 Å². The molecule has 0 saturated carbocycles. The number of amides is 4. The Labute approximate surface area is 148 Å². The Morgan fingerprint density at radius 1 is 1.04 bits per heavy atom. The number of rotatable bonds is 4. The summed E-state index contributed by atoms with van der Waals surface area (Å²) in [5.41, 5.74) is 1.06. The molecule has 1 aromatic rings. The van der Waals surface area contributed by atoms with Crippen LogP contribution in [0.25, 0.3) is 6.08 Å². The second kappa shape index (κ2) is 7.09. The van der Waals surface area contributed by atoms with Gasteiger partial charge in [-0.05, 0) is 58.4 Å². The number of nitrogens with one attached hydrogen (secondary N) is 1. The molecule has 25 heavy (non-hydrogen) atoms. The Bertz CT molecular complexity index is 710. The number of imide groups is 2. The Hall–Kier alpha value is -2.63. The molecule has 0 aliphatic carbocycles. The number of urea groups is 1. The van der Waals surface area contributed by atoms with Crippen molar-refractivity contribution in [2.75, 3.05) is 18.0 Å². The largest absolute Gasteiger partial charge is 0.372 e. The number of carbonyl (C=O) groups is 3. The average Bonchev–Trinajstić information content (AvgIpc) is 2.52. The zero-order valence-corrected chi connectivity index (χ0v) is 15.4. The summed E-state index contributed by atoms with van der Waals surface area (Å²) < 4.78 is 0. The lowest BCUT2D eigenvalue weighted by molar-refractivity contribution is -0.133. The average molecular weight is 343 g/mol. The highest BCUT2D eigenvalue weighted by molar-refractivity contribution is 6.31. The number of hydrogen-bond acceptors (Lipinski definition) is 4. The minimum Gasteiger partial charge on any atom is -0.372 e. The molecule has 0 bridgehead atoms. The summed E-state index contributed by atoms with van der Waals surface area (Å²) >= 11 is 0. The highest BCUT2D eigenvalue weighted by atomic mass is 16.2. The van der Waals surface area contributed by atoms with Gasteiger partial charge < -0.3 is 4.90 Å². The van der Waals surface area contributed by atoms with Crippen molar-refractivity contribution in [3.63, 3.8) is 0 Å². The van der Waals surface area contributed by atoms with Crippen molar-refractivity contribution in [2.45, 2.75) is 40.2 Å². The van der Waals surface area contributed by atoms with E-state index in [0.717, 1.165) is 29.2 Å². The Kier molecular flexibility index (Phi) is 5.30. The first-order valence-corrected chi connectivity index (χ1v) is 8.45. The molecule has 0 radical (unpaired) electrons. The lowest BCUT2D eigenvalue weighted by Crippen LogP contribution is -2.60. The van der Waals surface area contributed by atoms with Gasteiger partial charge >= 0.3 is 6.03 Å². The molecule has 1 saturated heterocycles. The van der Waals surface area contributed by atoms with E-state index in [9.17, 15) is 14.4 Å². The van der Waals surface area contributed by atoms with Gasteiger partial charge in [0.15, 0.2) is 0 Å². The molecule has 2 rings (SSSR count). The second-order valence-corrected chi connectivity index (χ2v) is 6.89. The molecule has 6 nitrogen and oxygen atoms in total. The Morgan fingerprint density at radius 3 is 2.08 bits per heavy atom. The molecule has 4 amide bonds. The van der Waals surface area contributed by atoms with Gasteiger partial charge in [-0.15, -0.1) is 0 Å². The Morgan fingerprint density at radius 2 is 1.60 bits per heavy atom. The highest BCUT2D eigenvalue weighted by Gasteiger charge is 2.41. The van der Waals surface area contributed by atoms with Crippen LogP contribution in [-0.4, -0.2) is 41.4 Å². The van der Waals surface area contributed by atoms with E-state index in [1.165, 1.54) is 6.08 Å². The summed E-state index contributed by atoms with van der Waals surface area (Å²) in [4.78, 5) is 40.0. The first-order valence-electron chi connectivity index (χ1n) is 8.45. The van der Waals surface area contributed by atoms with Gasteiger partial charge in [0, 0.05) is 24.3 Å². The molecule has 0 atom stereocenters. The maximum absolute atomic E-state index is 12.6. The minimum absolute atomic E-state index is 0.0369. The van der Waals surface area contributed by atoms with E-state index in [2.05, 4.69) is 24.1 Å². The normalized spacial score (nSPS) is 17.1. The standard InChI is InChI=1S/C19H25N3O3/c1-6-21(7-2)14-10-8-13(9-11-14)12-15-16(23)20-18(25)22(17(15)24)19(3,4)5/h8-12H,6-7H2,1-5H3,(H,20,23,25). The van der Waals surface area contributed by atoms with Crippen molar-refractivity contribution in [1.29, 1.82) is 0 Å². The maximum Gasteiger partial charge on any atom is 0.331 e. The summed E-state index contributed by atoms with van der Waals surface area (Å²) in [6, 6.07) is 6.95. The van der Waals surface area contributed by atoms with Crippen LogP contribution in [0.2, 0.25) is 0 Å². The molecular weight excluding hydrogens is 318 g/mol. The van der Waals surface area contributed by atoms with Gasteiger partial charge in [-0.3, -0.25) is 19.8 Å². The predicted molar refractivity (Wildman–Crippen MR) is 98.1 cm³/mol. The quantitative estimate of drug-likeness (QED) is 0.674. The number of barbiturate groups is 1. The molecule has 0 aromatic heterocycles. The van der Waals surface area contributed by atoms with Crippen molar-refractivity contribution in [1.82, 2.24) is 10.2 Å². The molecule has 1 N–H and O–H groups in total. The van der Waals surface area contributed by atoms with Gasteiger partial charge in [0.25, 0.3) is 11.8 Å². The van der Waals surface area contributed by atoms with Crippen LogP contribution in [0, 0.1) is 0 Å². The molecule has 1 heterocycles. The van der Waals surface area contributed by atoms with Gasteiger partial charge in [-0.1, -0.05) is 12.1 Å². The topological polar surface area (TPSA) is 69.7 Å². The second-order valence-electron chi connectivity index (χ2n) is 6.89. The van der Waals surface area contributed by atoms with Crippen LogP contribution in [0.15, 0.2) is 29.8 Å². The molecule has 1 aliphatic rings. The van der Waals surface area contributed by atoms with Gasteiger partial charge in [-0.2, -0.15) is 0 Å². The summed E-state index contributed by atoms with van der Waals surface area (Å²) in [5.74, 6) is -1.24. The van der Waals surface area contributed by atoms with Crippen LogP contribution in [-0.2, 0) is 9.59 Å². The molecular formula is C19H25N3O3. The van der Waals surface area contributed by atoms with Gasteiger partial charge in [-0.25, -0.2) is 4.79 Å². The number of nitrogens with zero attached hydrogens (tertiary/aromatic N) is 2. The number of benzene rings is 1. The minimum atomic E-state index is -0.715. The van der Waals surface area contributed by atoms with E-state index in [-0.39, 0.29) is 5.57 Å². The van der Waals surface area contributed by atoms with E-state index in [4.69, 9.17) is 0 Å². The number of anilines is 1. The fourth-order valence-corrected chi connectivity index (χ4v) is 2.80. The molecule has 134 valence electrons. The first-order chi connectivity index (χ1) is 11.7. The van der Waals surface area contributed by atoms with E-state index in [1.807, 2.05) is 24.3 Å². The summed E-state index contributed by atoms with van der Waals surface area (Å²) in [6.07, 6.45) is 1.52. The lowest BCUT2D eigenvalue weighted by Gasteiger charge is -2.36. The monoisotopic (exact) mass is 343 g/mol. The predicted octanol–water partition coefficient (Wildman–Crippen LogP) is 2.79. The van der Waals surface area contributed by atoms with Gasteiger partial charge in [0.2, 0.25) is 0 Å². The molecule has 0 spiro atoms. The third kappa shape index (κ3) is 3.90. The first kappa shape index (κ1) is 18.7. The van der Waals surface area contributed by atoms with E-state index in [1.54, 1.807) is 20.8 Å². The van der Waals surface area contributed by atoms with Gasteiger partial charge in [0.1, 0.15) is 5.57 Å². The van der Waals surface area contributed by atoms with E-state index >= 15 is 0 Å². The molecule has 1 aromatic carbocycles. The van der Waals surface area contributed by atoms with E-state index < -0.39 is 23.4 Å². The molecule has 6 heteroatoms. The summed E-state index contributed by atoms with van der Waals surface area (Å²) in [5, 5.41) is 2.24. The zero-order chi connectivity index (χ0) is 18.8. The highest BCUT2D eigenvalue weighted by Crippen LogP contribution is 2.23. The lowest BCUT2D eigenvalue weighted by atomic mass is 10.0. The van der Waals surface area contributed by atoms with Crippen LogP contribution in [0.1, 0.15) is 40.2 Å². The number of hydrogen-bond donors (Lipinski definition) is 1. The van der Waals surface area contributed by atoms with Crippen molar-refractivity contribution in [3.05, 3.63) is 35.4 Å². The van der Waals surface area contributed by atoms with Gasteiger partial charge in [0.05, 0.1) is 0 Å². The third-order valence-electron chi connectivity index (χ3n) is 4.11. The van der Waals surface area contributed by atoms with Crippen molar-refractivity contribution in [2.24, 2.45) is 0 Å². The zero-order valence-electron chi connectivity index (χ0n) is 15.4.